The lowest BCUT2D eigenvalue weighted by molar-refractivity contribution is -0.186. The Hall–Kier alpha value is -4.67. The quantitative estimate of drug-likeness (QED) is 0.137. The Morgan fingerprint density at radius 3 is 2.24 bits per heavy atom. The fraction of sp³-hybridized carbons (Fsp3) is 0.353. The summed E-state index contributed by atoms with van der Waals surface area (Å²) in [6.07, 6.45) is 1.12. The predicted molar refractivity (Wildman–Crippen MR) is 163 cm³/mol. The molecule has 0 aliphatic carbocycles. The molecule has 2 heterocycles. The van der Waals surface area contributed by atoms with Gasteiger partial charge in [-0.05, 0) is 84.3 Å². The van der Waals surface area contributed by atoms with E-state index in [9.17, 15) is 22.8 Å². The number of rotatable bonds is 10. The highest BCUT2D eigenvalue weighted by Crippen LogP contribution is 2.33. The van der Waals surface area contributed by atoms with Gasteiger partial charge >= 0.3 is 18.1 Å². The van der Waals surface area contributed by atoms with Crippen LogP contribution in [0, 0.1) is 0 Å². The van der Waals surface area contributed by atoms with Crippen molar-refractivity contribution in [2.45, 2.75) is 51.1 Å². The molecule has 1 fully saturated rings. The van der Waals surface area contributed by atoms with Crippen LogP contribution < -0.4 is 4.74 Å². The molecule has 45 heavy (non-hydrogen) atoms. The maximum absolute atomic E-state index is 12.8. The number of alkyl halides is 3. The van der Waals surface area contributed by atoms with Crippen molar-refractivity contribution in [2.75, 3.05) is 26.8 Å². The number of esters is 1. The number of carbonyl (C=O) groups excluding carboxylic acids is 2. The number of ether oxygens (including phenoxy) is 2. The van der Waals surface area contributed by atoms with Crippen LogP contribution in [-0.2, 0) is 9.53 Å². The van der Waals surface area contributed by atoms with Crippen molar-refractivity contribution < 1.29 is 32.2 Å². The van der Waals surface area contributed by atoms with E-state index in [4.69, 9.17) is 9.47 Å². The van der Waals surface area contributed by atoms with Gasteiger partial charge in [0.05, 0.1) is 31.2 Å². The molecule has 1 amide bonds. The molecule has 0 spiro atoms. The van der Waals surface area contributed by atoms with Gasteiger partial charge in [-0.15, -0.1) is 5.10 Å². The first-order chi connectivity index (χ1) is 21.7. The number of piperidine rings is 1. The van der Waals surface area contributed by atoms with Crippen molar-refractivity contribution in [2.24, 2.45) is 0 Å². The molecule has 1 aliphatic heterocycles. The first-order valence-corrected chi connectivity index (χ1v) is 15.0. The molecule has 4 aromatic rings. The minimum absolute atomic E-state index is 0.0450. The van der Waals surface area contributed by atoms with Crippen LogP contribution in [-0.4, -0.2) is 64.8 Å². The number of amides is 1. The molecule has 0 radical (unpaired) electrons. The Morgan fingerprint density at radius 2 is 1.60 bits per heavy atom. The molecule has 1 aromatic heterocycles. The van der Waals surface area contributed by atoms with E-state index in [1.807, 2.05) is 54.6 Å². The zero-order valence-electron chi connectivity index (χ0n) is 25.2. The van der Waals surface area contributed by atoms with E-state index >= 15 is 0 Å². The van der Waals surface area contributed by atoms with Crippen LogP contribution in [0.25, 0.3) is 28.1 Å². The summed E-state index contributed by atoms with van der Waals surface area (Å²) in [4.78, 5) is 25.0. The standard InChI is InChI=1S/C34H35F3N4O4/c1-3-4-5-18-45-30-12-10-26(11-13-30)31-22-41(39-38-31)29-20-27(19-28(21-29)32(42)44-2)24-8-6-23(7-9-24)25-14-16-40(17-15-25)33(43)34(35,36)37/h6-13,19-22,25H,3-5,14-18H2,1-2H3. The Morgan fingerprint density at radius 1 is 0.911 bits per heavy atom. The molecule has 8 nitrogen and oxygen atoms in total. The molecular formula is C34H35F3N4O4. The fourth-order valence-corrected chi connectivity index (χ4v) is 5.48. The number of unbranched alkanes of at least 4 members (excludes halogenated alkanes) is 2. The molecule has 0 N–H and O–H groups in total. The lowest BCUT2D eigenvalue weighted by Gasteiger charge is -2.32. The highest BCUT2D eigenvalue weighted by Gasteiger charge is 2.43. The molecular weight excluding hydrogens is 585 g/mol. The molecule has 11 heteroatoms. The van der Waals surface area contributed by atoms with Crippen molar-refractivity contribution in [3.63, 3.8) is 0 Å². The molecule has 0 bridgehead atoms. The van der Waals surface area contributed by atoms with Gasteiger partial charge in [-0.1, -0.05) is 49.2 Å². The van der Waals surface area contributed by atoms with Crippen molar-refractivity contribution in [3.05, 3.63) is 84.1 Å². The summed E-state index contributed by atoms with van der Waals surface area (Å²) >= 11 is 0. The fourth-order valence-electron chi connectivity index (χ4n) is 5.48. The lowest BCUT2D eigenvalue weighted by Crippen LogP contribution is -2.45. The lowest BCUT2D eigenvalue weighted by atomic mass is 9.88. The first-order valence-electron chi connectivity index (χ1n) is 15.0. The van der Waals surface area contributed by atoms with E-state index in [1.54, 1.807) is 23.0 Å². The average Bonchev–Trinajstić information content (AvgIpc) is 3.56. The van der Waals surface area contributed by atoms with Crippen molar-refractivity contribution in [3.8, 4) is 33.8 Å². The zero-order valence-corrected chi connectivity index (χ0v) is 25.2. The number of hydrogen-bond donors (Lipinski definition) is 0. The minimum atomic E-state index is -4.85. The van der Waals surface area contributed by atoms with Gasteiger partial charge in [-0.3, -0.25) is 4.79 Å². The third-order valence-electron chi connectivity index (χ3n) is 8.00. The van der Waals surface area contributed by atoms with E-state index in [-0.39, 0.29) is 19.0 Å². The summed E-state index contributed by atoms with van der Waals surface area (Å²) in [6, 6.07) is 20.7. The van der Waals surface area contributed by atoms with Crippen LogP contribution in [0.15, 0.2) is 72.9 Å². The second-order valence-electron chi connectivity index (χ2n) is 11.1. The van der Waals surface area contributed by atoms with Crippen molar-refractivity contribution in [1.82, 2.24) is 19.9 Å². The number of hydrogen-bond acceptors (Lipinski definition) is 6. The topological polar surface area (TPSA) is 86.5 Å². The maximum atomic E-state index is 12.8. The number of halogens is 3. The molecule has 1 saturated heterocycles. The molecule has 1 aliphatic rings. The molecule has 0 saturated carbocycles. The van der Waals surface area contributed by atoms with E-state index in [2.05, 4.69) is 17.2 Å². The highest BCUT2D eigenvalue weighted by atomic mass is 19.4. The van der Waals surface area contributed by atoms with Gasteiger partial charge in [0.2, 0.25) is 0 Å². The van der Waals surface area contributed by atoms with Gasteiger partial charge in [-0.2, -0.15) is 13.2 Å². The third-order valence-corrected chi connectivity index (χ3v) is 8.00. The van der Waals surface area contributed by atoms with Gasteiger partial charge < -0.3 is 14.4 Å². The van der Waals surface area contributed by atoms with Crippen LogP contribution in [0.1, 0.15) is 60.9 Å². The Balaban J connectivity index is 1.32. The van der Waals surface area contributed by atoms with Crippen LogP contribution >= 0.6 is 0 Å². The maximum Gasteiger partial charge on any atom is 0.471 e. The van der Waals surface area contributed by atoms with E-state index in [1.165, 1.54) is 7.11 Å². The van der Waals surface area contributed by atoms with Crippen molar-refractivity contribution in [1.29, 1.82) is 0 Å². The average molecular weight is 621 g/mol. The number of likely N-dealkylation sites (tertiary alicyclic amines) is 1. The normalized spacial score (nSPS) is 13.9. The van der Waals surface area contributed by atoms with Crippen LogP contribution in [0.4, 0.5) is 13.2 Å². The van der Waals surface area contributed by atoms with E-state index in [0.29, 0.717) is 36.4 Å². The van der Waals surface area contributed by atoms with Gasteiger partial charge in [0.15, 0.2) is 0 Å². The molecule has 3 aromatic carbocycles. The summed E-state index contributed by atoms with van der Waals surface area (Å²) < 4.78 is 50.8. The summed E-state index contributed by atoms with van der Waals surface area (Å²) in [5, 5.41) is 8.65. The van der Waals surface area contributed by atoms with Crippen molar-refractivity contribution >= 4 is 11.9 Å². The van der Waals surface area contributed by atoms with Crippen LogP contribution in [0.3, 0.4) is 0 Å². The Labute approximate surface area is 259 Å². The predicted octanol–water partition coefficient (Wildman–Crippen LogP) is 7.23. The van der Waals surface area contributed by atoms with Gasteiger partial charge in [0, 0.05) is 18.7 Å². The summed E-state index contributed by atoms with van der Waals surface area (Å²) in [5.74, 6) is -1.43. The second-order valence-corrected chi connectivity index (χ2v) is 11.1. The minimum Gasteiger partial charge on any atom is -0.494 e. The Kier molecular flexibility index (Phi) is 9.85. The molecule has 5 rings (SSSR count). The monoisotopic (exact) mass is 620 g/mol. The van der Waals surface area contributed by atoms with Crippen LogP contribution in [0.5, 0.6) is 5.75 Å². The van der Waals surface area contributed by atoms with Crippen LogP contribution in [0.2, 0.25) is 0 Å². The number of benzene rings is 3. The number of aromatic nitrogens is 3. The largest absolute Gasteiger partial charge is 0.494 e. The third kappa shape index (κ3) is 7.71. The summed E-state index contributed by atoms with van der Waals surface area (Å²) in [6.45, 7) is 2.95. The van der Waals surface area contributed by atoms with Gasteiger partial charge in [0.25, 0.3) is 0 Å². The second kappa shape index (κ2) is 14.0. The molecule has 0 atom stereocenters. The number of nitrogens with zero attached hydrogens (tertiary/aromatic N) is 4. The highest BCUT2D eigenvalue weighted by molar-refractivity contribution is 5.92. The summed E-state index contributed by atoms with van der Waals surface area (Å²) in [5.41, 5.74) is 5.07. The van der Waals surface area contributed by atoms with Gasteiger partial charge in [-0.25, -0.2) is 9.48 Å². The number of methoxy groups -OCH3 is 1. The molecule has 236 valence electrons. The van der Waals surface area contributed by atoms with Gasteiger partial charge in [0.1, 0.15) is 11.4 Å². The van der Waals surface area contributed by atoms with E-state index < -0.39 is 18.1 Å². The SMILES string of the molecule is CCCCCOc1ccc(-c2cn(-c3cc(C(=O)OC)cc(-c4ccc(C5CCN(C(=O)C(F)(F)F)CC5)cc4)c3)nn2)cc1. The zero-order chi connectivity index (χ0) is 32.0. The summed E-state index contributed by atoms with van der Waals surface area (Å²) in [7, 11) is 1.32. The number of carbonyl (C=O) groups is 2. The smallest absolute Gasteiger partial charge is 0.471 e. The molecule has 0 unspecified atom stereocenters. The Bertz CT molecular complexity index is 1610. The first kappa shape index (κ1) is 31.7. The van der Waals surface area contributed by atoms with E-state index in [0.717, 1.165) is 52.2 Å².